The minimum absolute atomic E-state index is 0.234. The molecule has 1 heterocycles. The lowest BCUT2D eigenvalue weighted by Crippen LogP contribution is -2.27. The average Bonchev–Trinajstić information content (AvgIpc) is 2.99. The Hall–Kier alpha value is -4.37. The summed E-state index contributed by atoms with van der Waals surface area (Å²) in [5.41, 5.74) is 2.32. The fourth-order valence-electron chi connectivity index (χ4n) is 3.16. The van der Waals surface area contributed by atoms with Crippen molar-refractivity contribution in [1.82, 2.24) is 4.90 Å². The van der Waals surface area contributed by atoms with Crippen molar-refractivity contribution in [3.63, 3.8) is 0 Å². The lowest BCUT2D eigenvalue weighted by atomic mass is 10.0. The van der Waals surface area contributed by atoms with Crippen LogP contribution in [0.15, 0.2) is 84.6 Å². The molecule has 3 aromatic carbocycles. The number of imide groups is 1. The highest BCUT2D eigenvalue weighted by atomic mass is 16.5. The normalized spacial score (nSPS) is 13.4. The standard InChI is InChI=1S/C24H17N3O3/c1-27-23(28)21(16-7-3-2-4-8-16)22(24(27)29)26-18-11-13-19(14-12-18)30-20-10-6-5-9-17(20)15-25/h2-14,26H,1H3. The van der Waals surface area contributed by atoms with Crippen LogP contribution in [0.5, 0.6) is 11.5 Å². The molecule has 0 aliphatic carbocycles. The van der Waals surface area contributed by atoms with E-state index in [9.17, 15) is 14.9 Å². The molecule has 0 unspecified atom stereocenters. The molecule has 1 N–H and O–H groups in total. The number of carbonyl (C=O) groups excluding carboxylic acids is 2. The maximum Gasteiger partial charge on any atom is 0.277 e. The number of nitrogens with one attached hydrogen (secondary N) is 1. The summed E-state index contributed by atoms with van der Waals surface area (Å²) in [5, 5.41) is 12.3. The molecule has 30 heavy (non-hydrogen) atoms. The molecule has 0 fully saturated rings. The van der Waals surface area contributed by atoms with Crippen LogP contribution in [0, 0.1) is 11.3 Å². The van der Waals surface area contributed by atoms with Crippen molar-refractivity contribution in [1.29, 1.82) is 5.26 Å². The van der Waals surface area contributed by atoms with Crippen LogP contribution in [0.4, 0.5) is 5.69 Å². The molecule has 0 aromatic heterocycles. The van der Waals surface area contributed by atoms with Crippen molar-refractivity contribution in [3.8, 4) is 17.6 Å². The van der Waals surface area contributed by atoms with E-state index in [1.807, 2.05) is 18.2 Å². The van der Waals surface area contributed by atoms with Gasteiger partial charge in [0.05, 0.1) is 11.1 Å². The third-order valence-corrected chi connectivity index (χ3v) is 4.71. The number of likely N-dealkylation sites (N-methyl/N-ethyl adjacent to an activating group) is 1. The number of benzene rings is 3. The van der Waals surface area contributed by atoms with E-state index in [2.05, 4.69) is 11.4 Å². The minimum atomic E-state index is -0.387. The minimum Gasteiger partial charge on any atom is -0.456 e. The first-order chi connectivity index (χ1) is 14.6. The fourth-order valence-corrected chi connectivity index (χ4v) is 3.16. The third-order valence-electron chi connectivity index (χ3n) is 4.71. The molecule has 1 aliphatic heterocycles. The van der Waals surface area contributed by atoms with E-state index in [0.29, 0.717) is 33.9 Å². The zero-order chi connectivity index (χ0) is 21.1. The van der Waals surface area contributed by atoms with Gasteiger partial charge in [-0.2, -0.15) is 5.26 Å². The molecular formula is C24H17N3O3. The number of ether oxygens (including phenoxy) is 1. The number of nitriles is 1. The first kappa shape index (κ1) is 19.0. The Balaban J connectivity index is 1.60. The summed E-state index contributed by atoms with van der Waals surface area (Å²) in [6, 6.07) is 25.1. The van der Waals surface area contributed by atoms with Gasteiger partial charge in [0.2, 0.25) is 0 Å². The van der Waals surface area contributed by atoms with Crippen LogP contribution in [-0.2, 0) is 9.59 Å². The topological polar surface area (TPSA) is 82.4 Å². The molecule has 0 saturated carbocycles. The third kappa shape index (κ3) is 3.52. The Bertz CT molecular complexity index is 1190. The number of nitrogens with zero attached hydrogens (tertiary/aromatic N) is 2. The highest BCUT2D eigenvalue weighted by Crippen LogP contribution is 2.31. The molecule has 1 aliphatic rings. The molecule has 4 rings (SSSR count). The molecular weight excluding hydrogens is 378 g/mol. The van der Waals surface area contributed by atoms with Gasteiger partial charge in [0, 0.05) is 12.7 Å². The Morgan fingerprint density at radius 1 is 0.867 bits per heavy atom. The van der Waals surface area contributed by atoms with Gasteiger partial charge in [0.1, 0.15) is 23.3 Å². The maximum atomic E-state index is 12.6. The Morgan fingerprint density at radius 3 is 2.23 bits per heavy atom. The fraction of sp³-hybridized carbons (Fsp3) is 0.0417. The number of amides is 2. The van der Waals surface area contributed by atoms with Gasteiger partial charge >= 0.3 is 0 Å². The predicted octanol–water partition coefficient (Wildman–Crippen LogP) is 4.17. The van der Waals surface area contributed by atoms with Gasteiger partial charge in [0.25, 0.3) is 11.8 Å². The van der Waals surface area contributed by atoms with Crippen LogP contribution in [0.2, 0.25) is 0 Å². The number of hydrogen-bond donors (Lipinski definition) is 1. The summed E-state index contributed by atoms with van der Waals surface area (Å²) < 4.78 is 5.78. The van der Waals surface area contributed by atoms with Crippen molar-refractivity contribution >= 4 is 23.1 Å². The lowest BCUT2D eigenvalue weighted by molar-refractivity contribution is -0.135. The van der Waals surface area contributed by atoms with E-state index in [1.54, 1.807) is 60.7 Å². The Morgan fingerprint density at radius 2 is 1.53 bits per heavy atom. The zero-order valence-corrected chi connectivity index (χ0v) is 16.1. The van der Waals surface area contributed by atoms with E-state index in [0.717, 1.165) is 4.90 Å². The molecule has 146 valence electrons. The van der Waals surface area contributed by atoms with E-state index < -0.39 is 0 Å². The molecule has 6 heteroatoms. The average molecular weight is 395 g/mol. The second-order valence-electron chi connectivity index (χ2n) is 6.64. The summed E-state index contributed by atoms with van der Waals surface area (Å²) in [6.07, 6.45) is 0. The smallest absolute Gasteiger partial charge is 0.277 e. The highest BCUT2D eigenvalue weighted by Gasteiger charge is 2.36. The van der Waals surface area contributed by atoms with Crippen LogP contribution < -0.4 is 10.1 Å². The zero-order valence-electron chi connectivity index (χ0n) is 16.1. The number of para-hydroxylation sites is 1. The summed E-state index contributed by atoms with van der Waals surface area (Å²) in [7, 11) is 1.46. The summed E-state index contributed by atoms with van der Waals surface area (Å²) in [6.45, 7) is 0. The van der Waals surface area contributed by atoms with Crippen LogP contribution in [0.1, 0.15) is 11.1 Å². The van der Waals surface area contributed by atoms with Gasteiger partial charge in [-0.05, 0) is 42.0 Å². The molecule has 0 spiro atoms. The van der Waals surface area contributed by atoms with E-state index in [-0.39, 0.29) is 17.5 Å². The molecule has 0 atom stereocenters. The molecule has 0 bridgehead atoms. The monoisotopic (exact) mass is 395 g/mol. The van der Waals surface area contributed by atoms with Gasteiger partial charge in [-0.15, -0.1) is 0 Å². The molecule has 2 amide bonds. The van der Waals surface area contributed by atoms with E-state index >= 15 is 0 Å². The van der Waals surface area contributed by atoms with Crippen molar-refractivity contribution in [2.75, 3.05) is 12.4 Å². The van der Waals surface area contributed by atoms with Gasteiger partial charge in [-0.3, -0.25) is 14.5 Å². The molecule has 0 saturated heterocycles. The van der Waals surface area contributed by atoms with Crippen molar-refractivity contribution in [2.45, 2.75) is 0 Å². The second kappa shape index (κ2) is 7.94. The first-order valence-electron chi connectivity index (χ1n) is 9.24. The largest absolute Gasteiger partial charge is 0.456 e. The van der Waals surface area contributed by atoms with Crippen LogP contribution >= 0.6 is 0 Å². The molecule has 3 aromatic rings. The molecule has 6 nitrogen and oxygen atoms in total. The van der Waals surface area contributed by atoms with Crippen molar-refractivity contribution in [2.24, 2.45) is 0 Å². The highest BCUT2D eigenvalue weighted by molar-refractivity contribution is 6.36. The number of anilines is 1. The van der Waals surface area contributed by atoms with Crippen LogP contribution in [0.3, 0.4) is 0 Å². The number of hydrogen-bond acceptors (Lipinski definition) is 5. The Labute approximate surface area is 173 Å². The number of rotatable bonds is 5. The van der Waals surface area contributed by atoms with Gasteiger partial charge in [-0.25, -0.2) is 0 Å². The Kier molecular flexibility index (Phi) is 5.02. The van der Waals surface area contributed by atoms with Crippen LogP contribution in [-0.4, -0.2) is 23.8 Å². The SMILES string of the molecule is CN1C(=O)C(Nc2ccc(Oc3ccccc3C#N)cc2)=C(c2ccccc2)C1=O. The second-order valence-corrected chi connectivity index (χ2v) is 6.64. The van der Waals surface area contributed by atoms with Gasteiger partial charge in [-0.1, -0.05) is 42.5 Å². The van der Waals surface area contributed by atoms with Crippen molar-refractivity contribution < 1.29 is 14.3 Å². The maximum absolute atomic E-state index is 12.6. The lowest BCUT2D eigenvalue weighted by Gasteiger charge is -2.11. The van der Waals surface area contributed by atoms with Gasteiger partial charge in [0.15, 0.2) is 0 Å². The van der Waals surface area contributed by atoms with E-state index in [4.69, 9.17) is 4.74 Å². The number of carbonyl (C=O) groups is 2. The summed E-state index contributed by atoms with van der Waals surface area (Å²) in [4.78, 5) is 26.3. The van der Waals surface area contributed by atoms with Crippen LogP contribution in [0.25, 0.3) is 5.57 Å². The quantitative estimate of drug-likeness (QED) is 0.656. The van der Waals surface area contributed by atoms with Crippen molar-refractivity contribution in [3.05, 3.63) is 95.7 Å². The summed E-state index contributed by atoms with van der Waals surface area (Å²) in [5.74, 6) is 0.281. The van der Waals surface area contributed by atoms with Gasteiger partial charge < -0.3 is 10.1 Å². The summed E-state index contributed by atoms with van der Waals surface area (Å²) >= 11 is 0. The van der Waals surface area contributed by atoms with E-state index in [1.165, 1.54) is 7.05 Å². The first-order valence-corrected chi connectivity index (χ1v) is 9.24. The predicted molar refractivity (Wildman–Crippen MR) is 112 cm³/mol. The molecule has 0 radical (unpaired) electrons.